The molecule has 0 aliphatic rings. The van der Waals surface area contributed by atoms with Gasteiger partial charge in [0.05, 0.1) is 16.1 Å². The average molecular weight is 234 g/mol. The van der Waals surface area contributed by atoms with E-state index < -0.39 is 5.97 Å². The van der Waals surface area contributed by atoms with Crippen molar-refractivity contribution in [3.63, 3.8) is 0 Å². The molecule has 0 unspecified atom stereocenters. The smallest absolute Gasteiger partial charge is 0.358 e. The van der Waals surface area contributed by atoms with Crippen LogP contribution in [0.2, 0.25) is 10.0 Å². The first-order chi connectivity index (χ1) is 6.50. The van der Waals surface area contributed by atoms with E-state index in [-0.39, 0.29) is 16.8 Å². The van der Waals surface area contributed by atoms with Crippen molar-refractivity contribution in [1.82, 2.24) is 4.98 Å². The van der Waals surface area contributed by atoms with Gasteiger partial charge >= 0.3 is 5.97 Å². The van der Waals surface area contributed by atoms with Crippen LogP contribution in [0.3, 0.4) is 0 Å². The lowest BCUT2D eigenvalue weighted by Gasteiger charge is -2.07. The summed E-state index contributed by atoms with van der Waals surface area (Å²) in [6, 6.07) is 1.45. The van der Waals surface area contributed by atoms with Gasteiger partial charge in [0, 0.05) is 6.20 Å². The highest BCUT2D eigenvalue weighted by Gasteiger charge is 2.14. The minimum absolute atomic E-state index is 0.0877. The third kappa shape index (κ3) is 2.86. The maximum absolute atomic E-state index is 11.4. The second kappa shape index (κ2) is 4.62. The van der Waals surface area contributed by atoms with E-state index in [0.717, 1.165) is 0 Å². The number of halogens is 2. The number of carbonyl (C=O) groups is 1. The fourth-order valence-corrected chi connectivity index (χ4v) is 1.29. The molecule has 1 heterocycles. The quantitative estimate of drug-likeness (QED) is 0.738. The summed E-state index contributed by atoms with van der Waals surface area (Å²) in [5.41, 5.74) is 0.0877. The largest absolute Gasteiger partial charge is 0.458 e. The van der Waals surface area contributed by atoms with E-state index in [1.165, 1.54) is 12.3 Å². The van der Waals surface area contributed by atoms with E-state index in [2.05, 4.69) is 4.98 Å². The molecule has 0 amide bonds. The van der Waals surface area contributed by atoms with Crippen molar-refractivity contribution in [3.8, 4) is 0 Å². The summed E-state index contributed by atoms with van der Waals surface area (Å²) in [7, 11) is 0. The standard InChI is InChI=1S/C9H9Cl2NO2/c1-5(2)14-9(13)8-7(11)3-6(10)4-12-8/h3-5H,1-2H3. The zero-order valence-electron chi connectivity index (χ0n) is 7.75. The Kier molecular flexibility index (Phi) is 3.72. The van der Waals surface area contributed by atoms with Crippen LogP contribution >= 0.6 is 23.2 Å². The van der Waals surface area contributed by atoms with Crippen LogP contribution in [0.15, 0.2) is 12.3 Å². The number of hydrogen-bond donors (Lipinski definition) is 0. The molecule has 0 bridgehead atoms. The van der Waals surface area contributed by atoms with Gasteiger partial charge in [-0.3, -0.25) is 0 Å². The SMILES string of the molecule is CC(C)OC(=O)c1ncc(Cl)cc1Cl. The molecule has 0 saturated carbocycles. The Labute approximate surface area is 92.0 Å². The summed E-state index contributed by atoms with van der Waals surface area (Å²) in [5.74, 6) is -0.540. The van der Waals surface area contributed by atoms with Crippen molar-refractivity contribution in [3.05, 3.63) is 28.0 Å². The topological polar surface area (TPSA) is 39.2 Å². The Morgan fingerprint density at radius 3 is 2.64 bits per heavy atom. The fourth-order valence-electron chi connectivity index (χ4n) is 0.835. The zero-order chi connectivity index (χ0) is 10.7. The second-order valence-corrected chi connectivity index (χ2v) is 3.78. The van der Waals surface area contributed by atoms with Gasteiger partial charge in [0.25, 0.3) is 0 Å². The fraction of sp³-hybridized carbons (Fsp3) is 0.333. The van der Waals surface area contributed by atoms with Crippen LogP contribution in [0.1, 0.15) is 24.3 Å². The van der Waals surface area contributed by atoms with Crippen LogP contribution in [0.4, 0.5) is 0 Å². The number of nitrogens with zero attached hydrogens (tertiary/aromatic N) is 1. The zero-order valence-corrected chi connectivity index (χ0v) is 9.26. The number of pyridine rings is 1. The third-order valence-corrected chi connectivity index (χ3v) is 1.84. The lowest BCUT2D eigenvalue weighted by Crippen LogP contribution is -2.13. The van der Waals surface area contributed by atoms with Crippen LogP contribution in [-0.2, 0) is 4.74 Å². The van der Waals surface area contributed by atoms with Gasteiger partial charge in [0.1, 0.15) is 0 Å². The molecule has 1 rings (SSSR count). The number of aromatic nitrogens is 1. The van der Waals surface area contributed by atoms with Gasteiger partial charge in [0.2, 0.25) is 0 Å². The van der Waals surface area contributed by atoms with Crippen molar-refractivity contribution in [2.45, 2.75) is 20.0 Å². The van der Waals surface area contributed by atoms with Gasteiger partial charge in [-0.25, -0.2) is 9.78 Å². The molecule has 14 heavy (non-hydrogen) atoms. The van der Waals surface area contributed by atoms with Crippen LogP contribution in [-0.4, -0.2) is 17.1 Å². The molecule has 76 valence electrons. The van der Waals surface area contributed by atoms with E-state index >= 15 is 0 Å². The van der Waals surface area contributed by atoms with Crippen molar-refractivity contribution < 1.29 is 9.53 Å². The van der Waals surface area contributed by atoms with Gasteiger partial charge < -0.3 is 4.74 Å². The Morgan fingerprint density at radius 1 is 1.50 bits per heavy atom. The van der Waals surface area contributed by atoms with E-state index in [4.69, 9.17) is 27.9 Å². The summed E-state index contributed by atoms with van der Waals surface area (Å²) in [4.78, 5) is 15.2. The lowest BCUT2D eigenvalue weighted by molar-refractivity contribution is 0.0371. The van der Waals surface area contributed by atoms with Crippen molar-refractivity contribution in [2.24, 2.45) is 0 Å². The molecule has 1 aromatic heterocycles. The van der Waals surface area contributed by atoms with Gasteiger partial charge in [-0.05, 0) is 19.9 Å². The van der Waals surface area contributed by atoms with Crippen molar-refractivity contribution >= 4 is 29.2 Å². The van der Waals surface area contributed by atoms with E-state index in [1.54, 1.807) is 13.8 Å². The highest BCUT2D eigenvalue weighted by Crippen LogP contribution is 2.19. The van der Waals surface area contributed by atoms with Gasteiger partial charge in [-0.15, -0.1) is 0 Å². The molecule has 0 fully saturated rings. The monoisotopic (exact) mass is 233 g/mol. The minimum Gasteiger partial charge on any atom is -0.458 e. The normalized spacial score (nSPS) is 10.4. The summed E-state index contributed by atoms with van der Waals surface area (Å²) in [6.07, 6.45) is 1.15. The Balaban J connectivity index is 2.90. The minimum atomic E-state index is -0.540. The molecule has 1 aromatic rings. The van der Waals surface area contributed by atoms with Crippen LogP contribution in [0.25, 0.3) is 0 Å². The Bertz CT molecular complexity index is 353. The molecular weight excluding hydrogens is 225 g/mol. The molecule has 0 radical (unpaired) electrons. The number of hydrogen-bond acceptors (Lipinski definition) is 3. The van der Waals surface area contributed by atoms with Crippen LogP contribution in [0, 0.1) is 0 Å². The molecule has 3 nitrogen and oxygen atoms in total. The van der Waals surface area contributed by atoms with Crippen LogP contribution in [0.5, 0.6) is 0 Å². The first-order valence-electron chi connectivity index (χ1n) is 4.02. The molecule has 5 heteroatoms. The summed E-state index contributed by atoms with van der Waals surface area (Å²) in [6.45, 7) is 3.50. The summed E-state index contributed by atoms with van der Waals surface area (Å²) >= 11 is 11.4. The van der Waals surface area contributed by atoms with E-state index in [0.29, 0.717) is 5.02 Å². The molecule has 0 aromatic carbocycles. The number of carbonyl (C=O) groups excluding carboxylic acids is 1. The van der Waals surface area contributed by atoms with Crippen molar-refractivity contribution in [2.75, 3.05) is 0 Å². The second-order valence-electron chi connectivity index (χ2n) is 2.94. The molecule has 0 saturated heterocycles. The molecule has 0 spiro atoms. The van der Waals surface area contributed by atoms with E-state index in [9.17, 15) is 4.79 Å². The molecule has 0 aliphatic heterocycles. The van der Waals surface area contributed by atoms with Crippen molar-refractivity contribution in [1.29, 1.82) is 0 Å². The number of esters is 1. The number of ether oxygens (including phenoxy) is 1. The highest BCUT2D eigenvalue weighted by molar-refractivity contribution is 6.36. The van der Waals surface area contributed by atoms with Crippen LogP contribution < -0.4 is 0 Å². The number of rotatable bonds is 2. The molecular formula is C9H9Cl2NO2. The third-order valence-electron chi connectivity index (χ3n) is 1.34. The van der Waals surface area contributed by atoms with E-state index in [1.807, 2.05) is 0 Å². The summed E-state index contributed by atoms with van der Waals surface area (Å²) in [5, 5.41) is 0.583. The lowest BCUT2D eigenvalue weighted by atomic mass is 10.3. The average Bonchev–Trinajstić information content (AvgIpc) is 2.01. The first kappa shape index (κ1) is 11.3. The predicted octanol–water partition coefficient (Wildman–Crippen LogP) is 2.95. The maximum atomic E-state index is 11.4. The molecule has 0 atom stereocenters. The molecule has 0 aliphatic carbocycles. The van der Waals surface area contributed by atoms with Gasteiger partial charge in [-0.1, -0.05) is 23.2 Å². The maximum Gasteiger partial charge on any atom is 0.358 e. The van der Waals surface area contributed by atoms with Gasteiger partial charge in [-0.2, -0.15) is 0 Å². The predicted molar refractivity (Wildman–Crippen MR) is 54.8 cm³/mol. The summed E-state index contributed by atoms with van der Waals surface area (Å²) < 4.78 is 4.93. The Hall–Kier alpha value is -0.800. The van der Waals surface area contributed by atoms with Gasteiger partial charge in [0.15, 0.2) is 5.69 Å². The Morgan fingerprint density at radius 2 is 2.14 bits per heavy atom. The first-order valence-corrected chi connectivity index (χ1v) is 4.78. The highest BCUT2D eigenvalue weighted by atomic mass is 35.5. The molecule has 0 N–H and O–H groups in total.